The number of likely N-dealkylation sites (N-methyl/N-ethyl adjacent to an activating group) is 1. The number of aliphatic hydroxyl groups is 1. The molecule has 0 aliphatic heterocycles. The van der Waals surface area contributed by atoms with Crippen LogP contribution in [0.4, 0.5) is 4.79 Å². The van der Waals surface area contributed by atoms with Gasteiger partial charge in [-0.25, -0.2) is 4.79 Å². The number of aliphatic hydroxyl groups excluding tert-OH is 1. The third-order valence-electron chi connectivity index (χ3n) is 5.45. The van der Waals surface area contributed by atoms with Crippen LogP contribution in [0.25, 0.3) is 0 Å². The maximum absolute atomic E-state index is 12.4. The summed E-state index contributed by atoms with van der Waals surface area (Å²) in [5.41, 5.74) is 0.0781. The first-order chi connectivity index (χ1) is 9.14. The third-order valence-corrected chi connectivity index (χ3v) is 5.45. The number of carbonyl (C=O) groups excluding carboxylic acids is 1. The molecule has 4 saturated carbocycles. The minimum Gasteiger partial charge on any atom is -0.395 e. The fraction of sp³-hybridized carbons (Fsp3) is 0.933. The summed E-state index contributed by atoms with van der Waals surface area (Å²) >= 11 is 0. The van der Waals surface area contributed by atoms with Gasteiger partial charge in [0.05, 0.1) is 6.61 Å². The quantitative estimate of drug-likeness (QED) is 0.817. The van der Waals surface area contributed by atoms with E-state index < -0.39 is 0 Å². The summed E-state index contributed by atoms with van der Waals surface area (Å²) in [6.07, 6.45) is 7.72. The molecule has 108 valence electrons. The van der Waals surface area contributed by atoms with E-state index in [9.17, 15) is 4.79 Å². The second-order valence-corrected chi connectivity index (χ2v) is 6.93. The number of nitrogens with one attached hydrogen (secondary N) is 1. The molecule has 4 aliphatic rings. The first-order valence-corrected chi connectivity index (χ1v) is 7.82. The Morgan fingerprint density at radius 2 is 1.74 bits per heavy atom. The Kier molecular flexibility index (Phi) is 3.46. The summed E-state index contributed by atoms with van der Waals surface area (Å²) in [5.74, 6) is 2.54. The number of rotatable bonds is 4. The minimum absolute atomic E-state index is 0.0264. The Bertz CT molecular complexity index is 321. The topological polar surface area (TPSA) is 52.6 Å². The molecule has 4 bridgehead atoms. The van der Waals surface area contributed by atoms with E-state index in [1.165, 1.54) is 38.5 Å². The highest BCUT2D eigenvalue weighted by molar-refractivity contribution is 5.75. The van der Waals surface area contributed by atoms with Crippen molar-refractivity contribution in [3.8, 4) is 0 Å². The van der Waals surface area contributed by atoms with Crippen LogP contribution < -0.4 is 5.32 Å². The zero-order chi connectivity index (χ0) is 13.5. The van der Waals surface area contributed by atoms with Crippen LogP contribution >= 0.6 is 0 Å². The van der Waals surface area contributed by atoms with E-state index in [4.69, 9.17) is 5.11 Å². The van der Waals surface area contributed by atoms with E-state index in [2.05, 4.69) is 5.32 Å². The van der Waals surface area contributed by atoms with Crippen LogP contribution in [-0.4, -0.2) is 41.3 Å². The molecule has 0 aromatic heterocycles. The predicted molar refractivity (Wildman–Crippen MR) is 73.8 cm³/mol. The Labute approximate surface area is 115 Å². The lowest BCUT2D eigenvalue weighted by molar-refractivity contribution is -0.0158. The van der Waals surface area contributed by atoms with Gasteiger partial charge in [0, 0.05) is 18.6 Å². The van der Waals surface area contributed by atoms with Gasteiger partial charge in [0.25, 0.3) is 0 Å². The molecule has 0 spiro atoms. The van der Waals surface area contributed by atoms with Crippen molar-refractivity contribution in [2.24, 2.45) is 17.8 Å². The molecule has 4 nitrogen and oxygen atoms in total. The Balaban J connectivity index is 1.67. The molecule has 2 N–H and O–H groups in total. The number of hydrogen-bond donors (Lipinski definition) is 2. The van der Waals surface area contributed by atoms with Crippen LogP contribution in [0.1, 0.15) is 45.4 Å². The lowest BCUT2D eigenvalue weighted by Crippen LogP contribution is -2.62. The van der Waals surface area contributed by atoms with Gasteiger partial charge in [0.15, 0.2) is 0 Å². The summed E-state index contributed by atoms with van der Waals surface area (Å²) < 4.78 is 0. The Hall–Kier alpha value is -0.770. The number of amides is 2. The van der Waals surface area contributed by atoms with Crippen molar-refractivity contribution in [1.29, 1.82) is 0 Å². The number of hydrogen-bond acceptors (Lipinski definition) is 2. The average Bonchev–Trinajstić information content (AvgIpc) is 2.33. The molecular formula is C15H26N2O2. The molecule has 0 heterocycles. The second kappa shape index (κ2) is 4.97. The highest BCUT2D eigenvalue weighted by Crippen LogP contribution is 2.55. The smallest absolute Gasteiger partial charge is 0.317 e. The fourth-order valence-corrected chi connectivity index (χ4v) is 5.09. The number of nitrogens with zero attached hydrogens (tertiary/aromatic N) is 1. The summed E-state index contributed by atoms with van der Waals surface area (Å²) in [6, 6.07) is 0.0264. The molecule has 0 radical (unpaired) electrons. The molecule has 0 saturated heterocycles. The van der Waals surface area contributed by atoms with E-state index in [0.717, 1.165) is 17.8 Å². The molecule has 4 rings (SSSR count). The molecule has 19 heavy (non-hydrogen) atoms. The highest BCUT2D eigenvalue weighted by atomic mass is 16.3. The van der Waals surface area contributed by atoms with Crippen molar-refractivity contribution in [1.82, 2.24) is 10.2 Å². The molecule has 0 aromatic carbocycles. The van der Waals surface area contributed by atoms with Crippen LogP contribution in [0.5, 0.6) is 0 Å². The molecular weight excluding hydrogens is 240 g/mol. The van der Waals surface area contributed by atoms with Crippen LogP contribution in [0.15, 0.2) is 0 Å². The van der Waals surface area contributed by atoms with Crippen LogP contribution in [-0.2, 0) is 0 Å². The van der Waals surface area contributed by atoms with Crippen molar-refractivity contribution in [3.05, 3.63) is 0 Å². The summed E-state index contributed by atoms with van der Waals surface area (Å²) in [6.45, 7) is 3.12. The van der Waals surface area contributed by atoms with E-state index in [0.29, 0.717) is 13.1 Å². The van der Waals surface area contributed by atoms with Crippen molar-refractivity contribution >= 4 is 6.03 Å². The van der Waals surface area contributed by atoms with E-state index in [-0.39, 0.29) is 18.2 Å². The lowest BCUT2D eigenvalue weighted by Gasteiger charge is -2.57. The van der Waals surface area contributed by atoms with Gasteiger partial charge in [-0.3, -0.25) is 0 Å². The monoisotopic (exact) mass is 266 g/mol. The normalized spacial score (nSPS) is 39.4. The predicted octanol–water partition coefficient (Wildman–Crippen LogP) is 1.98. The van der Waals surface area contributed by atoms with E-state index >= 15 is 0 Å². The van der Waals surface area contributed by atoms with Gasteiger partial charge in [-0.1, -0.05) is 0 Å². The van der Waals surface area contributed by atoms with Crippen molar-refractivity contribution in [3.63, 3.8) is 0 Å². The van der Waals surface area contributed by atoms with Gasteiger partial charge in [0.2, 0.25) is 0 Å². The summed E-state index contributed by atoms with van der Waals surface area (Å²) in [7, 11) is 0. The fourth-order valence-electron chi connectivity index (χ4n) is 5.09. The molecule has 4 fully saturated rings. The Morgan fingerprint density at radius 3 is 2.16 bits per heavy atom. The highest BCUT2D eigenvalue weighted by Gasteiger charge is 2.51. The van der Waals surface area contributed by atoms with Crippen molar-refractivity contribution in [2.75, 3.05) is 19.7 Å². The first kappa shape index (κ1) is 13.2. The van der Waals surface area contributed by atoms with Gasteiger partial charge in [-0.15, -0.1) is 0 Å². The lowest BCUT2D eigenvalue weighted by atomic mass is 9.53. The summed E-state index contributed by atoms with van der Waals surface area (Å²) in [4.78, 5) is 14.1. The van der Waals surface area contributed by atoms with Gasteiger partial charge < -0.3 is 15.3 Å². The number of carbonyl (C=O) groups is 1. The molecule has 2 amide bonds. The third kappa shape index (κ3) is 2.47. The van der Waals surface area contributed by atoms with E-state index in [1.807, 2.05) is 6.92 Å². The van der Waals surface area contributed by atoms with Crippen molar-refractivity contribution < 1.29 is 9.90 Å². The minimum atomic E-state index is 0.0264. The second-order valence-electron chi connectivity index (χ2n) is 6.93. The van der Waals surface area contributed by atoms with Crippen molar-refractivity contribution in [2.45, 2.75) is 51.0 Å². The maximum atomic E-state index is 12.4. The van der Waals surface area contributed by atoms with E-state index in [1.54, 1.807) is 4.90 Å². The van der Waals surface area contributed by atoms with Gasteiger partial charge >= 0.3 is 6.03 Å². The van der Waals surface area contributed by atoms with Crippen LogP contribution in [0.2, 0.25) is 0 Å². The number of urea groups is 1. The van der Waals surface area contributed by atoms with Gasteiger partial charge in [0.1, 0.15) is 0 Å². The Morgan fingerprint density at radius 1 is 1.21 bits per heavy atom. The van der Waals surface area contributed by atoms with Crippen LogP contribution in [0.3, 0.4) is 0 Å². The zero-order valence-corrected chi connectivity index (χ0v) is 11.9. The molecule has 4 heteroatoms. The summed E-state index contributed by atoms with van der Waals surface area (Å²) in [5, 5.41) is 12.4. The average molecular weight is 266 g/mol. The first-order valence-electron chi connectivity index (χ1n) is 7.82. The zero-order valence-electron chi connectivity index (χ0n) is 11.9. The maximum Gasteiger partial charge on any atom is 0.317 e. The molecule has 0 unspecified atom stereocenters. The van der Waals surface area contributed by atoms with Crippen LogP contribution in [0, 0.1) is 17.8 Å². The largest absolute Gasteiger partial charge is 0.395 e. The SMILES string of the molecule is CCN(CCO)C(=O)NC12CC3CC(CC(C3)C1)C2. The molecule has 0 atom stereocenters. The molecule has 0 aromatic rings. The molecule has 4 aliphatic carbocycles. The van der Waals surface area contributed by atoms with Gasteiger partial charge in [-0.2, -0.15) is 0 Å². The standard InChI is InChI=1S/C15H26N2O2/c1-2-17(3-4-18)14(19)16-15-8-11-5-12(9-15)7-13(6-11)10-15/h11-13,18H,2-10H2,1H3,(H,16,19). The van der Waals surface area contributed by atoms with Gasteiger partial charge in [-0.05, 0) is 63.2 Å².